The summed E-state index contributed by atoms with van der Waals surface area (Å²) in [6.07, 6.45) is -4.53. The summed E-state index contributed by atoms with van der Waals surface area (Å²) < 4.78 is 38.8. The summed E-state index contributed by atoms with van der Waals surface area (Å²) in [5, 5.41) is 0. The number of hydrogen-bond acceptors (Lipinski definition) is 2. The van der Waals surface area contributed by atoms with Crippen LogP contribution in [-0.4, -0.2) is 22.8 Å². The van der Waals surface area contributed by atoms with Gasteiger partial charge in [0.1, 0.15) is 0 Å². The van der Waals surface area contributed by atoms with Crippen molar-refractivity contribution in [2.24, 2.45) is 0 Å². The van der Waals surface area contributed by atoms with E-state index in [1.165, 1.54) is 18.0 Å². The van der Waals surface area contributed by atoms with Crippen LogP contribution in [0.3, 0.4) is 0 Å². The van der Waals surface area contributed by atoms with Gasteiger partial charge in [-0.25, -0.2) is 4.98 Å². The Bertz CT molecular complexity index is 509. The molecule has 2 rings (SSSR count). The van der Waals surface area contributed by atoms with Gasteiger partial charge in [0.15, 0.2) is 5.69 Å². The molecule has 0 atom stereocenters. The maximum atomic E-state index is 12.9. The van der Waals surface area contributed by atoms with Gasteiger partial charge in [-0.1, -0.05) is 13.8 Å². The predicted molar refractivity (Wildman–Crippen MR) is 59.1 cm³/mol. The van der Waals surface area contributed by atoms with Gasteiger partial charge in [-0.3, -0.25) is 4.79 Å². The highest BCUT2D eigenvalue weighted by atomic mass is 19.4. The van der Waals surface area contributed by atoms with Gasteiger partial charge in [0.05, 0.1) is 0 Å². The van der Waals surface area contributed by atoms with E-state index in [2.05, 4.69) is 4.98 Å². The lowest BCUT2D eigenvalue weighted by molar-refractivity contribution is -0.142. The Morgan fingerprint density at radius 2 is 2.00 bits per heavy atom. The molecule has 1 aromatic heterocycles. The normalized spacial score (nSPS) is 15.5. The average Bonchev–Trinajstić information content (AvgIpc) is 2.52. The molecule has 1 amide bonds. The van der Waals surface area contributed by atoms with Crippen molar-refractivity contribution in [3.8, 4) is 0 Å². The minimum atomic E-state index is -4.53. The van der Waals surface area contributed by atoms with Gasteiger partial charge >= 0.3 is 6.18 Å². The summed E-state index contributed by atoms with van der Waals surface area (Å²) in [4.78, 5) is 16.7. The predicted octanol–water partition coefficient (Wildman–Crippen LogP) is 2.81. The van der Waals surface area contributed by atoms with Gasteiger partial charge in [0.25, 0.3) is 5.91 Å². The molecule has 1 aliphatic heterocycles. The first-order valence-electron chi connectivity index (χ1n) is 5.58. The van der Waals surface area contributed by atoms with Gasteiger partial charge < -0.3 is 4.90 Å². The fraction of sp³-hybridized carbons (Fsp3) is 0.500. The van der Waals surface area contributed by atoms with Crippen LogP contribution in [0.1, 0.15) is 47.1 Å². The van der Waals surface area contributed by atoms with Crippen LogP contribution in [-0.2, 0) is 12.7 Å². The van der Waals surface area contributed by atoms with Gasteiger partial charge in [0.2, 0.25) is 0 Å². The Balaban J connectivity index is 2.68. The molecule has 1 aliphatic rings. The van der Waals surface area contributed by atoms with Crippen molar-refractivity contribution in [2.75, 3.05) is 7.05 Å². The van der Waals surface area contributed by atoms with E-state index in [0.717, 1.165) is 0 Å². The molecule has 0 N–H and O–H groups in total. The molecule has 98 valence electrons. The highest BCUT2D eigenvalue weighted by Crippen LogP contribution is 2.36. The van der Waals surface area contributed by atoms with Crippen molar-refractivity contribution in [1.29, 1.82) is 0 Å². The topological polar surface area (TPSA) is 33.2 Å². The number of alkyl halides is 3. The number of carbonyl (C=O) groups is 1. The average molecular weight is 258 g/mol. The Hall–Kier alpha value is -1.59. The third-order valence-electron chi connectivity index (χ3n) is 2.98. The van der Waals surface area contributed by atoms with Crippen molar-refractivity contribution >= 4 is 5.91 Å². The highest BCUT2D eigenvalue weighted by molar-refractivity contribution is 5.98. The Labute approximate surface area is 103 Å². The third-order valence-corrected chi connectivity index (χ3v) is 2.98. The second kappa shape index (κ2) is 3.96. The highest BCUT2D eigenvalue weighted by Gasteiger charge is 2.41. The number of amides is 1. The van der Waals surface area contributed by atoms with Gasteiger partial charge in [-0.2, -0.15) is 13.2 Å². The summed E-state index contributed by atoms with van der Waals surface area (Å²) in [5.74, 6) is -0.532. The standard InChI is InChI=1S/C12H13F3N2O/c1-6(2)9-4-7-8(5-17(3)11(7)18)10(16-9)12(13,14)15/h4,6H,5H2,1-3H3. The smallest absolute Gasteiger partial charge is 0.337 e. The lowest BCUT2D eigenvalue weighted by atomic mass is 10.0. The second-order valence-electron chi connectivity index (χ2n) is 4.74. The minimum absolute atomic E-state index is 0.0144. The summed E-state index contributed by atoms with van der Waals surface area (Å²) in [5.41, 5.74) is -0.519. The Morgan fingerprint density at radius 3 is 2.50 bits per heavy atom. The molecule has 2 heterocycles. The molecule has 0 aliphatic carbocycles. The largest absolute Gasteiger partial charge is 0.433 e. The Morgan fingerprint density at radius 1 is 1.39 bits per heavy atom. The van der Waals surface area contributed by atoms with E-state index in [4.69, 9.17) is 0 Å². The maximum absolute atomic E-state index is 12.9. The van der Waals surface area contributed by atoms with Crippen LogP contribution in [0.4, 0.5) is 13.2 Å². The lowest BCUT2D eigenvalue weighted by Crippen LogP contribution is -2.17. The molecule has 0 saturated heterocycles. The van der Waals surface area contributed by atoms with Crippen LogP contribution < -0.4 is 0 Å². The monoisotopic (exact) mass is 258 g/mol. The SMILES string of the molecule is CC(C)c1cc2c(c(C(F)(F)F)n1)CN(C)C2=O. The number of aromatic nitrogens is 1. The van der Waals surface area contributed by atoms with E-state index in [9.17, 15) is 18.0 Å². The molecule has 3 nitrogen and oxygen atoms in total. The van der Waals surface area contributed by atoms with Crippen LogP contribution >= 0.6 is 0 Å². The van der Waals surface area contributed by atoms with E-state index in [1.54, 1.807) is 13.8 Å². The molecule has 0 saturated carbocycles. The van der Waals surface area contributed by atoms with Crippen LogP contribution in [0.15, 0.2) is 6.07 Å². The lowest BCUT2D eigenvalue weighted by Gasteiger charge is -2.13. The summed E-state index contributed by atoms with van der Waals surface area (Å²) in [6.45, 7) is 3.46. The number of hydrogen-bond donors (Lipinski definition) is 0. The number of fused-ring (bicyclic) bond motifs is 1. The van der Waals surface area contributed by atoms with Crippen LogP contribution in [0.25, 0.3) is 0 Å². The fourth-order valence-electron chi connectivity index (χ4n) is 1.99. The van der Waals surface area contributed by atoms with Crippen LogP contribution in [0.2, 0.25) is 0 Å². The zero-order valence-electron chi connectivity index (χ0n) is 10.3. The molecule has 0 aromatic carbocycles. The number of rotatable bonds is 1. The van der Waals surface area contributed by atoms with Crippen molar-refractivity contribution in [3.63, 3.8) is 0 Å². The molecular weight excluding hydrogens is 245 g/mol. The molecule has 6 heteroatoms. The van der Waals surface area contributed by atoms with Gasteiger partial charge in [-0.05, 0) is 12.0 Å². The van der Waals surface area contributed by atoms with Crippen molar-refractivity contribution < 1.29 is 18.0 Å². The summed E-state index contributed by atoms with van der Waals surface area (Å²) in [7, 11) is 1.48. The minimum Gasteiger partial charge on any atom is -0.337 e. The third kappa shape index (κ3) is 1.95. The van der Waals surface area contributed by atoms with Crippen molar-refractivity contribution in [3.05, 3.63) is 28.6 Å². The molecular formula is C12H13F3N2O. The van der Waals surface area contributed by atoms with Gasteiger partial charge in [0, 0.05) is 30.4 Å². The quantitative estimate of drug-likeness (QED) is 0.776. The van der Waals surface area contributed by atoms with E-state index in [0.29, 0.717) is 5.69 Å². The van der Waals surface area contributed by atoms with Crippen molar-refractivity contribution in [2.45, 2.75) is 32.5 Å². The number of nitrogens with zero attached hydrogens (tertiary/aromatic N) is 2. The maximum Gasteiger partial charge on any atom is 0.433 e. The molecule has 18 heavy (non-hydrogen) atoms. The zero-order valence-corrected chi connectivity index (χ0v) is 10.3. The molecule has 1 aromatic rings. The van der Waals surface area contributed by atoms with E-state index >= 15 is 0 Å². The number of carbonyl (C=O) groups excluding carboxylic acids is 1. The Kier molecular flexibility index (Phi) is 2.83. The molecule has 0 unspecified atom stereocenters. The van der Waals surface area contributed by atoms with Crippen LogP contribution in [0, 0.1) is 0 Å². The van der Waals surface area contributed by atoms with E-state index in [-0.39, 0.29) is 29.5 Å². The first kappa shape index (κ1) is 12.9. The number of pyridine rings is 1. The molecule has 0 radical (unpaired) electrons. The second-order valence-corrected chi connectivity index (χ2v) is 4.74. The van der Waals surface area contributed by atoms with E-state index < -0.39 is 11.9 Å². The first-order valence-corrected chi connectivity index (χ1v) is 5.58. The summed E-state index contributed by atoms with van der Waals surface area (Å²) in [6, 6.07) is 1.47. The molecule has 0 spiro atoms. The van der Waals surface area contributed by atoms with E-state index in [1.807, 2.05) is 0 Å². The fourth-order valence-corrected chi connectivity index (χ4v) is 1.99. The zero-order chi connectivity index (χ0) is 13.7. The van der Waals surface area contributed by atoms with Crippen LogP contribution in [0.5, 0.6) is 0 Å². The summed E-state index contributed by atoms with van der Waals surface area (Å²) >= 11 is 0. The molecule has 0 bridgehead atoms. The number of halogens is 3. The molecule has 0 fully saturated rings. The first-order chi connectivity index (χ1) is 8.21. The van der Waals surface area contributed by atoms with Gasteiger partial charge in [-0.15, -0.1) is 0 Å². The van der Waals surface area contributed by atoms with Crippen molar-refractivity contribution in [1.82, 2.24) is 9.88 Å².